The minimum atomic E-state index is -3.56. The van der Waals surface area contributed by atoms with Gasteiger partial charge in [0, 0.05) is 17.3 Å². The van der Waals surface area contributed by atoms with Crippen molar-refractivity contribution in [2.24, 2.45) is 0 Å². The lowest BCUT2D eigenvalue weighted by Crippen LogP contribution is -2.21. The second-order valence-electron chi connectivity index (χ2n) is 7.88. The molecular weight excluding hydrogens is 384 g/mol. The Morgan fingerprint density at radius 1 is 0.897 bits per heavy atom. The van der Waals surface area contributed by atoms with Crippen molar-refractivity contribution in [2.45, 2.75) is 36.1 Å². The average Bonchev–Trinajstić information content (AvgIpc) is 3.10. The van der Waals surface area contributed by atoms with Gasteiger partial charge in [-0.15, -0.1) is 0 Å². The summed E-state index contributed by atoms with van der Waals surface area (Å²) in [6.45, 7) is 6.26. The molecule has 2 aromatic carbocycles. The number of aromatic nitrogens is 3. The Kier molecular flexibility index (Phi) is 4.42. The van der Waals surface area contributed by atoms with Crippen molar-refractivity contribution in [2.75, 3.05) is 5.73 Å². The largest absolute Gasteiger partial charge is 0.383 e. The zero-order valence-electron chi connectivity index (χ0n) is 16.5. The molecule has 4 aromatic rings. The molecule has 4 rings (SSSR count). The highest BCUT2D eigenvalue weighted by Gasteiger charge is 2.23. The molecule has 148 valence electrons. The number of hydrogen-bond acceptors (Lipinski definition) is 5. The van der Waals surface area contributed by atoms with Gasteiger partial charge in [0.2, 0.25) is 9.84 Å². The predicted octanol–water partition coefficient (Wildman–Crippen LogP) is 4.27. The predicted molar refractivity (Wildman–Crippen MR) is 114 cm³/mol. The third-order valence-electron chi connectivity index (χ3n) is 4.86. The van der Waals surface area contributed by atoms with Crippen molar-refractivity contribution in [1.29, 1.82) is 0 Å². The number of nitrogen functional groups attached to an aromatic ring is 1. The molecule has 0 fully saturated rings. The Bertz CT molecular complexity index is 1290. The maximum atomic E-state index is 12.8. The molecule has 0 saturated heterocycles. The second kappa shape index (κ2) is 6.70. The minimum absolute atomic E-state index is 0.201. The molecule has 0 radical (unpaired) electrons. The molecule has 0 saturated carbocycles. The molecule has 0 amide bonds. The van der Waals surface area contributed by atoms with Crippen molar-refractivity contribution in [3.05, 3.63) is 67.1 Å². The first-order valence-corrected chi connectivity index (χ1v) is 10.7. The smallest absolute Gasteiger partial charge is 0.206 e. The molecule has 0 unspecified atom stereocenters. The SMILES string of the molecule is CC(C)(C)n1cc(-c2ccc(S(=O)(=O)c3ccccc3)cc2)c2c(N)ncnc21. The molecule has 0 spiro atoms. The molecule has 2 aromatic heterocycles. The standard InChI is InChI=1S/C22H22N4O2S/c1-22(2,3)26-13-18(19-20(23)24-14-25-21(19)26)15-9-11-17(12-10-15)29(27,28)16-7-5-4-6-8-16/h4-14H,1-3H3,(H2,23,24,25). The van der Waals surface area contributed by atoms with Gasteiger partial charge in [-0.25, -0.2) is 18.4 Å². The van der Waals surface area contributed by atoms with Gasteiger partial charge in [-0.1, -0.05) is 30.3 Å². The summed E-state index contributed by atoms with van der Waals surface area (Å²) in [5.74, 6) is 0.397. The first-order valence-electron chi connectivity index (χ1n) is 9.22. The second-order valence-corrected chi connectivity index (χ2v) is 9.83. The van der Waals surface area contributed by atoms with E-state index in [1.807, 2.05) is 6.20 Å². The van der Waals surface area contributed by atoms with Gasteiger partial charge in [0.25, 0.3) is 0 Å². The number of rotatable bonds is 3. The Hall–Kier alpha value is -3.19. The fraction of sp³-hybridized carbons (Fsp3) is 0.182. The molecule has 0 aliphatic heterocycles. The highest BCUT2D eigenvalue weighted by atomic mass is 32.2. The summed E-state index contributed by atoms with van der Waals surface area (Å²) in [5, 5.41) is 0.765. The van der Waals surface area contributed by atoms with Gasteiger partial charge in [-0.2, -0.15) is 0 Å². The molecule has 2 N–H and O–H groups in total. The van der Waals surface area contributed by atoms with Crippen LogP contribution < -0.4 is 5.73 Å². The van der Waals surface area contributed by atoms with Crippen LogP contribution in [0.2, 0.25) is 0 Å². The normalized spacial score (nSPS) is 12.4. The van der Waals surface area contributed by atoms with E-state index in [2.05, 4.69) is 35.3 Å². The van der Waals surface area contributed by atoms with Crippen molar-refractivity contribution in [3.8, 4) is 11.1 Å². The summed E-state index contributed by atoms with van der Waals surface area (Å²) in [6, 6.07) is 15.2. The maximum absolute atomic E-state index is 12.8. The third kappa shape index (κ3) is 3.27. The molecule has 0 aliphatic rings. The van der Waals surface area contributed by atoms with E-state index in [1.54, 1.807) is 54.6 Å². The van der Waals surface area contributed by atoms with Crippen molar-refractivity contribution in [3.63, 3.8) is 0 Å². The highest BCUT2D eigenvalue weighted by molar-refractivity contribution is 7.91. The molecule has 0 bridgehead atoms. The lowest BCUT2D eigenvalue weighted by atomic mass is 10.1. The van der Waals surface area contributed by atoms with E-state index < -0.39 is 9.84 Å². The zero-order valence-corrected chi connectivity index (χ0v) is 17.3. The Labute approximate surface area is 170 Å². The summed E-state index contributed by atoms with van der Waals surface area (Å²) in [6.07, 6.45) is 3.45. The number of anilines is 1. The van der Waals surface area contributed by atoms with E-state index in [4.69, 9.17) is 5.73 Å². The topological polar surface area (TPSA) is 90.9 Å². The molecule has 0 atom stereocenters. The van der Waals surface area contributed by atoms with Gasteiger partial charge < -0.3 is 10.3 Å². The molecular formula is C22H22N4O2S. The molecule has 0 aliphatic carbocycles. The van der Waals surface area contributed by atoms with Crippen LogP contribution >= 0.6 is 0 Å². The lowest BCUT2D eigenvalue weighted by molar-refractivity contribution is 0.408. The number of nitrogens with two attached hydrogens (primary N) is 1. The highest BCUT2D eigenvalue weighted by Crippen LogP contribution is 2.36. The van der Waals surface area contributed by atoms with Gasteiger partial charge >= 0.3 is 0 Å². The quantitative estimate of drug-likeness (QED) is 0.549. The minimum Gasteiger partial charge on any atom is -0.383 e. The molecule has 2 heterocycles. The number of sulfone groups is 1. The average molecular weight is 407 g/mol. The van der Waals surface area contributed by atoms with Gasteiger partial charge in [-0.05, 0) is 50.6 Å². The Morgan fingerprint density at radius 3 is 2.14 bits per heavy atom. The summed E-state index contributed by atoms with van der Waals surface area (Å²) < 4.78 is 27.7. The van der Waals surface area contributed by atoms with Crippen molar-refractivity contribution in [1.82, 2.24) is 14.5 Å². The number of nitrogens with zero attached hydrogens (tertiary/aromatic N) is 3. The monoisotopic (exact) mass is 406 g/mol. The van der Waals surface area contributed by atoms with Gasteiger partial charge in [-0.3, -0.25) is 0 Å². The summed E-state index contributed by atoms with van der Waals surface area (Å²) >= 11 is 0. The van der Waals surface area contributed by atoms with Gasteiger partial charge in [0.05, 0.1) is 15.2 Å². The van der Waals surface area contributed by atoms with E-state index in [9.17, 15) is 8.42 Å². The summed E-state index contributed by atoms with van der Waals surface area (Å²) in [7, 11) is -3.56. The van der Waals surface area contributed by atoms with Crippen LogP contribution in [0.4, 0.5) is 5.82 Å². The first-order chi connectivity index (χ1) is 13.7. The van der Waals surface area contributed by atoms with E-state index in [0.29, 0.717) is 5.82 Å². The van der Waals surface area contributed by atoms with Gasteiger partial charge in [0.15, 0.2) is 0 Å². The number of fused-ring (bicyclic) bond motifs is 1. The molecule has 7 heteroatoms. The molecule has 29 heavy (non-hydrogen) atoms. The third-order valence-corrected chi connectivity index (χ3v) is 6.65. The lowest BCUT2D eigenvalue weighted by Gasteiger charge is -2.21. The summed E-state index contributed by atoms with van der Waals surface area (Å²) in [4.78, 5) is 9.09. The first kappa shape index (κ1) is 19.1. The van der Waals surface area contributed by atoms with Crippen LogP contribution in [0.15, 0.2) is 76.9 Å². The number of benzene rings is 2. The van der Waals surface area contributed by atoms with Crippen LogP contribution in [0.3, 0.4) is 0 Å². The van der Waals surface area contributed by atoms with Crippen LogP contribution in [-0.2, 0) is 15.4 Å². The van der Waals surface area contributed by atoms with E-state index in [-0.39, 0.29) is 15.3 Å². The molecule has 6 nitrogen and oxygen atoms in total. The zero-order chi connectivity index (χ0) is 20.8. The van der Waals surface area contributed by atoms with Crippen molar-refractivity contribution < 1.29 is 8.42 Å². The Balaban J connectivity index is 1.84. The maximum Gasteiger partial charge on any atom is 0.206 e. The fourth-order valence-electron chi connectivity index (χ4n) is 3.36. The fourth-order valence-corrected chi connectivity index (χ4v) is 4.65. The van der Waals surface area contributed by atoms with Crippen molar-refractivity contribution >= 4 is 26.7 Å². The Morgan fingerprint density at radius 2 is 1.52 bits per heavy atom. The van der Waals surface area contributed by atoms with Crippen LogP contribution in [0.1, 0.15) is 20.8 Å². The summed E-state index contributed by atoms with van der Waals surface area (Å²) in [5.41, 5.74) is 8.44. The van der Waals surface area contributed by atoms with Crippen LogP contribution in [0.5, 0.6) is 0 Å². The number of hydrogen-bond donors (Lipinski definition) is 1. The van der Waals surface area contributed by atoms with Crippen LogP contribution in [0.25, 0.3) is 22.2 Å². The van der Waals surface area contributed by atoms with E-state index >= 15 is 0 Å². The van der Waals surface area contributed by atoms with E-state index in [1.165, 1.54) is 6.33 Å². The van der Waals surface area contributed by atoms with Crippen LogP contribution in [0, 0.1) is 0 Å². The van der Waals surface area contributed by atoms with E-state index in [0.717, 1.165) is 22.2 Å². The van der Waals surface area contributed by atoms with Crippen LogP contribution in [-0.4, -0.2) is 23.0 Å². The van der Waals surface area contributed by atoms with Gasteiger partial charge in [0.1, 0.15) is 17.8 Å².